The van der Waals surface area contributed by atoms with Crippen molar-refractivity contribution >= 4 is 5.91 Å². The number of hydrogen-bond acceptors (Lipinski definition) is 4. The predicted molar refractivity (Wildman–Crippen MR) is 107 cm³/mol. The van der Waals surface area contributed by atoms with Crippen LogP contribution in [-0.4, -0.2) is 22.1 Å². The third-order valence-corrected chi connectivity index (χ3v) is 4.57. The van der Waals surface area contributed by atoms with Crippen LogP contribution in [-0.2, 0) is 13.2 Å². The maximum atomic E-state index is 13.6. The van der Waals surface area contributed by atoms with Crippen LogP contribution in [0.15, 0.2) is 59.5 Å². The Kier molecular flexibility index (Phi) is 6.46. The molecule has 156 valence electrons. The molecular weight excluding hydrogens is 394 g/mol. The lowest BCUT2D eigenvalue weighted by Gasteiger charge is -2.12. The first-order chi connectivity index (χ1) is 14.3. The van der Waals surface area contributed by atoms with Gasteiger partial charge in [0.1, 0.15) is 24.0 Å². The Balaban J connectivity index is 1.53. The van der Waals surface area contributed by atoms with E-state index in [2.05, 4.69) is 5.32 Å². The standard InChI is InChI=1S/C22H20F2N2O4/c1-14-21(28)20(27)8-10-26(14)11-9-25-22(29)15-2-5-18(6-3-15)30-13-16-12-17(23)4-7-19(16)24/h2-8,10,12,28H,9,11,13H2,1H3,(H,25,29). The summed E-state index contributed by atoms with van der Waals surface area (Å²) in [5.41, 5.74) is 0.475. The molecule has 2 aromatic carbocycles. The quantitative estimate of drug-likeness (QED) is 0.623. The summed E-state index contributed by atoms with van der Waals surface area (Å²) >= 11 is 0. The van der Waals surface area contributed by atoms with E-state index in [4.69, 9.17) is 4.74 Å². The third kappa shape index (κ3) is 5.02. The summed E-state index contributed by atoms with van der Waals surface area (Å²) in [5, 5.41) is 12.4. The molecule has 6 nitrogen and oxygen atoms in total. The molecule has 3 aromatic rings. The molecule has 1 heterocycles. The summed E-state index contributed by atoms with van der Waals surface area (Å²) in [6, 6.07) is 10.7. The predicted octanol–water partition coefficient (Wildman–Crippen LogP) is 3.15. The lowest BCUT2D eigenvalue weighted by atomic mass is 10.2. The molecule has 0 radical (unpaired) electrons. The molecule has 0 bridgehead atoms. The number of carbonyl (C=O) groups is 1. The minimum atomic E-state index is -0.557. The van der Waals surface area contributed by atoms with E-state index in [0.29, 0.717) is 30.1 Å². The van der Waals surface area contributed by atoms with Gasteiger partial charge < -0.3 is 19.7 Å². The third-order valence-electron chi connectivity index (χ3n) is 4.57. The monoisotopic (exact) mass is 414 g/mol. The zero-order chi connectivity index (χ0) is 21.7. The van der Waals surface area contributed by atoms with Crippen LogP contribution in [0.1, 0.15) is 21.6 Å². The van der Waals surface area contributed by atoms with Crippen molar-refractivity contribution in [3.05, 3.63) is 93.4 Å². The second-order valence-electron chi connectivity index (χ2n) is 6.61. The molecule has 0 aliphatic heterocycles. The van der Waals surface area contributed by atoms with Gasteiger partial charge in [0.25, 0.3) is 5.91 Å². The maximum absolute atomic E-state index is 13.6. The topological polar surface area (TPSA) is 80.6 Å². The zero-order valence-corrected chi connectivity index (χ0v) is 16.2. The number of benzene rings is 2. The molecule has 0 unspecified atom stereocenters. The Bertz CT molecular complexity index is 1110. The van der Waals surface area contributed by atoms with E-state index in [1.54, 1.807) is 42.0 Å². The maximum Gasteiger partial charge on any atom is 0.251 e. The fourth-order valence-corrected chi connectivity index (χ4v) is 2.81. The largest absolute Gasteiger partial charge is 0.503 e. The van der Waals surface area contributed by atoms with Gasteiger partial charge in [-0.05, 0) is 49.4 Å². The van der Waals surface area contributed by atoms with Crippen LogP contribution < -0.4 is 15.5 Å². The Morgan fingerprint density at radius 1 is 1.13 bits per heavy atom. The summed E-state index contributed by atoms with van der Waals surface area (Å²) in [6.07, 6.45) is 1.55. The molecule has 0 spiro atoms. The van der Waals surface area contributed by atoms with Crippen molar-refractivity contribution in [2.24, 2.45) is 0 Å². The van der Waals surface area contributed by atoms with Gasteiger partial charge in [0.2, 0.25) is 5.43 Å². The van der Waals surface area contributed by atoms with E-state index in [0.717, 1.165) is 18.2 Å². The van der Waals surface area contributed by atoms with Crippen molar-refractivity contribution in [2.45, 2.75) is 20.1 Å². The summed E-state index contributed by atoms with van der Waals surface area (Å²) in [7, 11) is 0. The molecule has 0 aliphatic carbocycles. The van der Waals surface area contributed by atoms with Crippen LogP contribution in [0, 0.1) is 18.6 Å². The van der Waals surface area contributed by atoms with Gasteiger partial charge in [-0.3, -0.25) is 9.59 Å². The normalized spacial score (nSPS) is 10.6. The second kappa shape index (κ2) is 9.21. The van der Waals surface area contributed by atoms with Crippen molar-refractivity contribution in [1.82, 2.24) is 9.88 Å². The van der Waals surface area contributed by atoms with Gasteiger partial charge in [0.15, 0.2) is 5.75 Å². The zero-order valence-electron chi connectivity index (χ0n) is 16.2. The van der Waals surface area contributed by atoms with Crippen LogP contribution in [0.25, 0.3) is 0 Å². The number of aromatic nitrogens is 1. The highest BCUT2D eigenvalue weighted by atomic mass is 19.1. The van der Waals surface area contributed by atoms with E-state index in [9.17, 15) is 23.5 Å². The molecule has 0 fully saturated rings. The van der Waals surface area contributed by atoms with Crippen molar-refractivity contribution in [3.8, 4) is 11.5 Å². The van der Waals surface area contributed by atoms with Gasteiger partial charge in [0.05, 0.1) is 5.69 Å². The molecule has 30 heavy (non-hydrogen) atoms. The summed E-state index contributed by atoms with van der Waals surface area (Å²) < 4.78 is 33.9. The molecule has 0 atom stereocenters. The van der Waals surface area contributed by atoms with Gasteiger partial charge in [-0.1, -0.05) is 0 Å². The highest BCUT2D eigenvalue weighted by Gasteiger charge is 2.09. The number of ether oxygens (including phenoxy) is 1. The summed E-state index contributed by atoms with van der Waals surface area (Å²) in [6.45, 7) is 2.15. The second-order valence-corrected chi connectivity index (χ2v) is 6.61. The number of hydrogen-bond donors (Lipinski definition) is 2. The van der Waals surface area contributed by atoms with Crippen LogP contribution >= 0.6 is 0 Å². The first kappa shape index (κ1) is 21.0. The van der Waals surface area contributed by atoms with Gasteiger partial charge in [0, 0.05) is 36.5 Å². The number of nitrogens with one attached hydrogen (secondary N) is 1. The van der Waals surface area contributed by atoms with E-state index < -0.39 is 17.1 Å². The first-order valence-electron chi connectivity index (χ1n) is 9.19. The Hall–Kier alpha value is -3.68. The molecule has 8 heteroatoms. The number of pyridine rings is 1. The average Bonchev–Trinajstić information content (AvgIpc) is 2.74. The number of halogens is 2. The van der Waals surface area contributed by atoms with Gasteiger partial charge >= 0.3 is 0 Å². The fourth-order valence-electron chi connectivity index (χ4n) is 2.81. The van der Waals surface area contributed by atoms with Gasteiger partial charge in [-0.2, -0.15) is 0 Å². The molecule has 0 aliphatic rings. The molecule has 2 N–H and O–H groups in total. The molecule has 1 aromatic heterocycles. The molecule has 3 rings (SSSR count). The van der Waals surface area contributed by atoms with Crippen molar-refractivity contribution in [2.75, 3.05) is 6.54 Å². The van der Waals surface area contributed by atoms with Crippen LogP contribution in [0.3, 0.4) is 0 Å². The van der Waals surface area contributed by atoms with Gasteiger partial charge in [-0.25, -0.2) is 8.78 Å². The first-order valence-corrected chi connectivity index (χ1v) is 9.19. The Morgan fingerprint density at radius 3 is 2.60 bits per heavy atom. The number of carbonyl (C=O) groups excluding carboxylic acids is 1. The van der Waals surface area contributed by atoms with Crippen LogP contribution in [0.4, 0.5) is 8.78 Å². The van der Waals surface area contributed by atoms with E-state index >= 15 is 0 Å². The fraction of sp³-hybridized carbons (Fsp3) is 0.182. The molecule has 0 saturated heterocycles. The Labute approximate surface area is 171 Å². The summed E-state index contributed by atoms with van der Waals surface area (Å²) in [5.74, 6) is -1.30. The minimum Gasteiger partial charge on any atom is -0.503 e. The SMILES string of the molecule is Cc1c(O)c(=O)ccn1CCNC(=O)c1ccc(OCc2cc(F)ccc2F)cc1. The smallest absolute Gasteiger partial charge is 0.251 e. The van der Waals surface area contributed by atoms with E-state index in [1.807, 2.05) is 0 Å². The van der Waals surface area contributed by atoms with Gasteiger partial charge in [-0.15, -0.1) is 0 Å². The average molecular weight is 414 g/mol. The Morgan fingerprint density at radius 2 is 1.87 bits per heavy atom. The highest BCUT2D eigenvalue weighted by Crippen LogP contribution is 2.16. The van der Waals surface area contributed by atoms with E-state index in [1.165, 1.54) is 6.07 Å². The molecule has 1 amide bonds. The summed E-state index contributed by atoms with van der Waals surface area (Å²) in [4.78, 5) is 23.6. The lowest BCUT2D eigenvalue weighted by molar-refractivity contribution is 0.0952. The van der Waals surface area contributed by atoms with Crippen LogP contribution in [0.2, 0.25) is 0 Å². The van der Waals surface area contributed by atoms with Crippen LogP contribution in [0.5, 0.6) is 11.5 Å². The molecule has 0 saturated carbocycles. The highest BCUT2D eigenvalue weighted by molar-refractivity contribution is 5.94. The number of nitrogens with zero attached hydrogens (tertiary/aromatic N) is 1. The lowest BCUT2D eigenvalue weighted by Crippen LogP contribution is -2.28. The number of rotatable bonds is 7. The number of aromatic hydroxyl groups is 1. The number of amides is 1. The minimum absolute atomic E-state index is 0.0978. The van der Waals surface area contributed by atoms with Crippen molar-refractivity contribution < 1.29 is 23.4 Å². The van der Waals surface area contributed by atoms with Crippen molar-refractivity contribution in [1.29, 1.82) is 0 Å². The van der Waals surface area contributed by atoms with Crippen molar-refractivity contribution in [3.63, 3.8) is 0 Å². The molecular formula is C22H20F2N2O4. The van der Waals surface area contributed by atoms with E-state index in [-0.39, 0.29) is 23.8 Å².